The van der Waals surface area contributed by atoms with E-state index in [0.29, 0.717) is 22.3 Å². The van der Waals surface area contributed by atoms with Crippen LogP contribution in [-0.4, -0.2) is 11.9 Å². The summed E-state index contributed by atoms with van der Waals surface area (Å²) >= 11 is 0. The summed E-state index contributed by atoms with van der Waals surface area (Å²) in [5.74, 6) is -0.684. The Kier molecular flexibility index (Phi) is 10.5. The van der Waals surface area contributed by atoms with Gasteiger partial charge in [-0.05, 0) is 61.1 Å². The van der Waals surface area contributed by atoms with E-state index in [0.717, 1.165) is 38.5 Å². The zero-order valence-electron chi connectivity index (χ0n) is 23.3. The van der Waals surface area contributed by atoms with Crippen LogP contribution in [0.4, 0.5) is 0 Å². The van der Waals surface area contributed by atoms with Crippen LogP contribution in [0.1, 0.15) is 82.5 Å². The Labute approximate surface area is 237 Å². The molecule has 0 saturated carbocycles. The second kappa shape index (κ2) is 14.6. The van der Waals surface area contributed by atoms with Crippen LogP contribution in [0, 0.1) is 0 Å². The Balaban J connectivity index is 1.70. The van der Waals surface area contributed by atoms with Gasteiger partial charge in [0.25, 0.3) is 0 Å². The van der Waals surface area contributed by atoms with Crippen LogP contribution < -0.4 is 0 Å². The van der Waals surface area contributed by atoms with Crippen LogP contribution >= 0.6 is 0 Å². The molecule has 0 radical (unpaired) electrons. The van der Waals surface area contributed by atoms with Gasteiger partial charge in [0, 0.05) is 11.1 Å². The molecule has 0 N–H and O–H groups in total. The van der Waals surface area contributed by atoms with E-state index in [4.69, 9.17) is 9.47 Å². The number of esters is 2. The van der Waals surface area contributed by atoms with Gasteiger partial charge in [0.2, 0.25) is 0 Å². The van der Waals surface area contributed by atoms with E-state index in [2.05, 4.69) is 13.8 Å². The van der Waals surface area contributed by atoms with Crippen molar-refractivity contribution in [3.63, 3.8) is 0 Å². The summed E-state index contributed by atoms with van der Waals surface area (Å²) in [5.41, 5.74) is 4.45. The van der Waals surface area contributed by atoms with E-state index in [9.17, 15) is 9.59 Å². The molecule has 4 aromatic rings. The Bertz CT molecular complexity index is 1290. The highest BCUT2D eigenvalue weighted by Gasteiger charge is 2.23. The Morgan fingerprint density at radius 3 is 1.15 bits per heavy atom. The quantitative estimate of drug-likeness (QED) is 0.104. The molecule has 0 spiro atoms. The molecular weight excluding hydrogens is 496 g/mol. The average Bonchev–Trinajstić information content (AvgIpc) is 3.01. The molecule has 0 bridgehead atoms. The standard InChI is InChI=1S/C36H36O4/c1-3-5-13-27-19-23-31(24-20-27)35(37)39-33(29-15-9-7-10-16-29)34(30-17-11-8-12-18-30)40-36(38)32-25-21-28(22-26-32)14-6-4-2/h7-12,15-26H,3-6,13-14H2,1-2H3/b34-33+. The minimum Gasteiger partial charge on any atom is -0.418 e. The molecule has 4 rings (SSSR count). The molecule has 0 aliphatic rings. The van der Waals surface area contributed by atoms with Gasteiger partial charge in [-0.1, -0.05) is 112 Å². The summed E-state index contributed by atoms with van der Waals surface area (Å²) in [5, 5.41) is 0. The summed E-state index contributed by atoms with van der Waals surface area (Å²) in [4.78, 5) is 26.7. The van der Waals surface area contributed by atoms with Crippen molar-refractivity contribution in [1.29, 1.82) is 0 Å². The van der Waals surface area contributed by atoms with Crippen LogP contribution in [0.15, 0.2) is 109 Å². The van der Waals surface area contributed by atoms with Crippen molar-refractivity contribution in [1.82, 2.24) is 0 Å². The molecule has 0 aromatic heterocycles. The fourth-order valence-electron chi connectivity index (χ4n) is 4.33. The summed E-state index contributed by atoms with van der Waals surface area (Å²) in [6.07, 6.45) is 6.34. The molecule has 4 aromatic carbocycles. The second-order valence-corrected chi connectivity index (χ2v) is 9.77. The zero-order valence-corrected chi connectivity index (χ0v) is 23.3. The first-order valence-electron chi connectivity index (χ1n) is 14.1. The molecule has 0 amide bonds. The molecule has 0 heterocycles. The van der Waals surface area contributed by atoms with E-state index in [1.54, 1.807) is 24.3 Å². The fourth-order valence-corrected chi connectivity index (χ4v) is 4.33. The maximum absolute atomic E-state index is 13.4. The van der Waals surface area contributed by atoms with Gasteiger partial charge in [-0.3, -0.25) is 0 Å². The van der Waals surface area contributed by atoms with Crippen LogP contribution in [0.3, 0.4) is 0 Å². The lowest BCUT2D eigenvalue weighted by atomic mass is 10.1. The number of aryl methyl sites for hydroxylation is 2. The van der Waals surface area contributed by atoms with Crippen molar-refractivity contribution < 1.29 is 19.1 Å². The Hall–Kier alpha value is -4.44. The van der Waals surface area contributed by atoms with Gasteiger partial charge < -0.3 is 9.47 Å². The Morgan fingerprint density at radius 1 is 0.475 bits per heavy atom. The molecule has 0 fully saturated rings. The van der Waals surface area contributed by atoms with E-state index < -0.39 is 11.9 Å². The van der Waals surface area contributed by atoms with E-state index in [-0.39, 0.29) is 11.5 Å². The molecule has 0 aliphatic carbocycles. The largest absolute Gasteiger partial charge is 0.418 e. The first-order valence-corrected chi connectivity index (χ1v) is 14.1. The number of hydrogen-bond donors (Lipinski definition) is 0. The number of rotatable bonds is 12. The van der Waals surface area contributed by atoms with Gasteiger partial charge in [0.05, 0.1) is 11.1 Å². The van der Waals surface area contributed by atoms with Crippen molar-refractivity contribution in [2.45, 2.75) is 52.4 Å². The minimum absolute atomic E-state index is 0.180. The van der Waals surface area contributed by atoms with Crippen LogP contribution in [-0.2, 0) is 22.3 Å². The molecule has 40 heavy (non-hydrogen) atoms. The van der Waals surface area contributed by atoms with Crippen LogP contribution in [0.25, 0.3) is 11.5 Å². The van der Waals surface area contributed by atoms with E-state index in [1.165, 1.54) is 11.1 Å². The summed E-state index contributed by atoms with van der Waals surface area (Å²) in [6, 6.07) is 33.5. The normalized spacial score (nSPS) is 11.4. The van der Waals surface area contributed by atoms with Gasteiger partial charge in [-0.25, -0.2) is 9.59 Å². The predicted molar refractivity (Wildman–Crippen MR) is 161 cm³/mol. The molecular formula is C36H36O4. The first-order chi connectivity index (χ1) is 19.6. The molecule has 4 heteroatoms. The van der Waals surface area contributed by atoms with E-state index in [1.807, 2.05) is 84.9 Å². The molecule has 4 nitrogen and oxygen atoms in total. The third kappa shape index (κ3) is 7.79. The van der Waals surface area contributed by atoms with Crippen molar-refractivity contribution in [3.8, 4) is 0 Å². The average molecular weight is 533 g/mol. The number of carbonyl (C=O) groups excluding carboxylic acids is 2. The smallest absolute Gasteiger partial charge is 0.343 e. The number of hydrogen-bond acceptors (Lipinski definition) is 4. The maximum atomic E-state index is 13.4. The lowest BCUT2D eigenvalue weighted by molar-refractivity contribution is 0.0646. The maximum Gasteiger partial charge on any atom is 0.343 e. The summed E-state index contributed by atoms with van der Waals surface area (Å²) in [6.45, 7) is 4.31. The first kappa shape index (κ1) is 28.6. The highest BCUT2D eigenvalue weighted by Crippen LogP contribution is 2.30. The lowest BCUT2D eigenvalue weighted by Crippen LogP contribution is -2.11. The highest BCUT2D eigenvalue weighted by molar-refractivity contribution is 6.00. The SMILES string of the molecule is CCCCc1ccc(C(=O)O/C(=C(/OC(=O)c2ccc(CCCC)cc2)c2ccccc2)c2ccccc2)cc1. The van der Waals surface area contributed by atoms with Crippen LogP contribution in [0.5, 0.6) is 0 Å². The van der Waals surface area contributed by atoms with Crippen molar-refractivity contribution in [3.05, 3.63) is 143 Å². The topological polar surface area (TPSA) is 52.6 Å². The number of carbonyl (C=O) groups is 2. The second-order valence-electron chi connectivity index (χ2n) is 9.77. The zero-order chi connectivity index (χ0) is 28.2. The third-order valence-corrected chi connectivity index (χ3v) is 6.68. The Morgan fingerprint density at radius 2 is 0.825 bits per heavy atom. The van der Waals surface area contributed by atoms with Crippen molar-refractivity contribution >= 4 is 23.5 Å². The van der Waals surface area contributed by atoms with Gasteiger partial charge in [-0.15, -0.1) is 0 Å². The number of benzene rings is 4. The van der Waals surface area contributed by atoms with Gasteiger partial charge in [0.15, 0.2) is 11.5 Å². The lowest BCUT2D eigenvalue weighted by Gasteiger charge is -2.16. The third-order valence-electron chi connectivity index (χ3n) is 6.68. The van der Waals surface area contributed by atoms with E-state index >= 15 is 0 Å². The van der Waals surface area contributed by atoms with Crippen molar-refractivity contribution in [2.24, 2.45) is 0 Å². The molecule has 204 valence electrons. The molecule has 0 aliphatic heterocycles. The summed E-state index contributed by atoms with van der Waals surface area (Å²) < 4.78 is 12.0. The predicted octanol–water partition coefficient (Wildman–Crippen LogP) is 8.91. The minimum atomic E-state index is -0.523. The fraction of sp³-hybridized carbons (Fsp3) is 0.222. The van der Waals surface area contributed by atoms with Gasteiger partial charge >= 0.3 is 11.9 Å². The summed E-state index contributed by atoms with van der Waals surface area (Å²) in [7, 11) is 0. The van der Waals surface area contributed by atoms with Gasteiger partial charge in [0.1, 0.15) is 0 Å². The highest BCUT2D eigenvalue weighted by atomic mass is 16.6. The monoisotopic (exact) mass is 532 g/mol. The molecule has 0 saturated heterocycles. The number of unbranched alkanes of at least 4 members (excludes halogenated alkanes) is 2. The molecule has 0 atom stereocenters. The van der Waals surface area contributed by atoms with Gasteiger partial charge in [-0.2, -0.15) is 0 Å². The van der Waals surface area contributed by atoms with Crippen molar-refractivity contribution in [2.75, 3.05) is 0 Å². The number of ether oxygens (including phenoxy) is 2. The molecule has 0 unspecified atom stereocenters. The van der Waals surface area contributed by atoms with Crippen LogP contribution in [0.2, 0.25) is 0 Å².